The predicted octanol–water partition coefficient (Wildman–Crippen LogP) is 5.10. The van der Waals surface area contributed by atoms with Crippen LogP contribution in [0.15, 0.2) is 46.9 Å². The van der Waals surface area contributed by atoms with Crippen molar-refractivity contribution in [3.8, 4) is 5.75 Å². The highest BCUT2D eigenvalue weighted by molar-refractivity contribution is 9.10. The van der Waals surface area contributed by atoms with Crippen LogP contribution in [0.25, 0.3) is 0 Å². The van der Waals surface area contributed by atoms with Crippen LogP contribution >= 0.6 is 15.9 Å². The van der Waals surface area contributed by atoms with Gasteiger partial charge in [0.15, 0.2) is 0 Å². The molecule has 2 rings (SSSR count). The molecular weight excluding hydrogens is 354 g/mol. The smallest absolute Gasteiger partial charge is 0.406 e. The Bertz CT molecular complexity index is 631. The average Bonchev–Trinajstić information content (AvgIpc) is 2.38. The van der Waals surface area contributed by atoms with Gasteiger partial charge in [-0.2, -0.15) is 0 Å². The minimum absolute atomic E-state index is 0.140. The fourth-order valence-electron chi connectivity index (χ4n) is 1.68. The molecule has 0 radical (unpaired) electrons. The first-order chi connectivity index (χ1) is 9.83. The average molecular weight is 364 g/mol. The number of hydrogen-bond acceptors (Lipinski definition) is 2. The topological polar surface area (TPSA) is 21.3 Å². The molecular formula is C14H10BrF4NO. The van der Waals surface area contributed by atoms with Gasteiger partial charge in [-0.05, 0) is 30.3 Å². The summed E-state index contributed by atoms with van der Waals surface area (Å²) in [5.41, 5.74) is 0.794. The van der Waals surface area contributed by atoms with Crippen molar-refractivity contribution in [1.29, 1.82) is 0 Å². The van der Waals surface area contributed by atoms with E-state index in [9.17, 15) is 17.6 Å². The summed E-state index contributed by atoms with van der Waals surface area (Å²) in [7, 11) is 0. The third-order valence-electron chi connectivity index (χ3n) is 2.56. The second kappa shape index (κ2) is 6.34. The highest BCUT2D eigenvalue weighted by atomic mass is 79.9. The van der Waals surface area contributed by atoms with Crippen molar-refractivity contribution in [3.05, 3.63) is 58.3 Å². The van der Waals surface area contributed by atoms with Gasteiger partial charge in [0, 0.05) is 28.3 Å². The first-order valence-electron chi connectivity index (χ1n) is 5.87. The number of rotatable bonds is 4. The Morgan fingerprint density at radius 1 is 1.10 bits per heavy atom. The maximum atomic E-state index is 13.5. The number of alkyl halides is 3. The molecule has 0 heterocycles. The van der Waals surface area contributed by atoms with E-state index in [1.807, 2.05) is 0 Å². The van der Waals surface area contributed by atoms with Gasteiger partial charge in [-0.25, -0.2) is 4.39 Å². The standard InChI is InChI=1S/C14H10BrF4NO/c15-10-4-5-13(16)9(6-10)8-20-11-2-1-3-12(7-11)21-14(17,18)19/h1-7,20H,8H2. The molecule has 0 bridgehead atoms. The Kier molecular flexibility index (Phi) is 4.72. The molecule has 0 fully saturated rings. The monoisotopic (exact) mass is 363 g/mol. The number of nitrogens with one attached hydrogen (secondary N) is 1. The van der Waals surface area contributed by atoms with Crippen LogP contribution in [0.4, 0.5) is 23.2 Å². The number of ether oxygens (including phenoxy) is 1. The van der Waals surface area contributed by atoms with Crippen LogP contribution in [-0.2, 0) is 6.54 Å². The van der Waals surface area contributed by atoms with Crippen molar-refractivity contribution >= 4 is 21.6 Å². The van der Waals surface area contributed by atoms with E-state index >= 15 is 0 Å². The van der Waals surface area contributed by atoms with E-state index in [1.165, 1.54) is 24.3 Å². The second-order valence-corrected chi connectivity index (χ2v) is 5.08. The number of hydrogen-bond donors (Lipinski definition) is 1. The molecule has 0 saturated carbocycles. The van der Waals surface area contributed by atoms with Crippen LogP contribution in [0, 0.1) is 5.82 Å². The summed E-state index contributed by atoms with van der Waals surface area (Å²) >= 11 is 3.23. The summed E-state index contributed by atoms with van der Waals surface area (Å²) in [6, 6.07) is 9.85. The highest BCUT2D eigenvalue weighted by Crippen LogP contribution is 2.25. The quantitative estimate of drug-likeness (QED) is 0.763. The van der Waals surface area contributed by atoms with Crippen LogP contribution in [0.5, 0.6) is 5.75 Å². The van der Waals surface area contributed by atoms with Gasteiger partial charge in [-0.15, -0.1) is 13.2 Å². The molecule has 0 aliphatic heterocycles. The molecule has 2 aromatic rings. The van der Waals surface area contributed by atoms with Crippen molar-refractivity contribution in [1.82, 2.24) is 0 Å². The lowest BCUT2D eigenvalue weighted by atomic mass is 10.2. The highest BCUT2D eigenvalue weighted by Gasteiger charge is 2.31. The van der Waals surface area contributed by atoms with E-state index in [0.717, 1.165) is 4.47 Å². The van der Waals surface area contributed by atoms with Gasteiger partial charge in [-0.3, -0.25) is 0 Å². The summed E-state index contributed by atoms with van der Waals surface area (Å²) in [6.45, 7) is 0.140. The fourth-order valence-corrected chi connectivity index (χ4v) is 2.09. The zero-order chi connectivity index (χ0) is 15.5. The van der Waals surface area contributed by atoms with Crippen LogP contribution in [0.3, 0.4) is 0 Å². The Hall–Kier alpha value is -1.76. The third-order valence-corrected chi connectivity index (χ3v) is 3.05. The molecule has 2 aromatic carbocycles. The zero-order valence-electron chi connectivity index (χ0n) is 10.5. The minimum Gasteiger partial charge on any atom is -0.406 e. The van der Waals surface area contributed by atoms with Crippen molar-refractivity contribution in [2.45, 2.75) is 12.9 Å². The first kappa shape index (κ1) is 15.6. The van der Waals surface area contributed by atoms with Crippen molar-refractivity contribution in [3.63, 3.8) is 0 Å². The molecule has 0 unspecified atom stereocenters. The molecule has 0 aromatic heterocycles. The van der Waals surface area contributed by atoms with Crippen LogP contribution in [0.2, 0.25) is 0 Å². The fraction of sp³-hybridized carbons (Fsp3) is 0.143. The maximum absolute atomic E-state index is 13.5. The lowest BCUT2D eigenvalue weighted by Gasteiger charge is -2.11. The van der Waals surface area contributed by atoms with Gasteiger partial charge in [0.25, 0.3) is 0 Å². The van der Waals surface area contributed by atoms with Crippen LogP contribution in [-0.4, -0.2) is 6.36 Å². The molecule has 0 atom stereocenters. The molecule has 0 amide bonds. The van der Waals surface area contributed by atoms with Crippen molar-refractivity contribution in [2.24, 2.45) is 0 Å². The van der Waals surface area contributed by atoms with Crippen LogP contribution < -0.4 is 10.1 Å². The SMILES string of the molecule is Fc1ccc(Br)cc1CNc1cccc(OC(F)(F)F)c1. The molecule has 2 nitrogen and oxygen atoms in total. The lowest BCUT2D eigenvalue weighted by molar-refractivity contribution is -0.274. The number of anilines is 1. The summed E-state index contributed by atoms with van der Waals surface area (Å²) in [5.74, 6) is -0.726. The summed E-state index contributed by atoms with van der Waals surface area (Å²) in [6.07, 6.45) is -4.74. The van der Waals surface area contributed by atoms with Gasteiger partial charge in [-0.1, -0.05) is 22.0 Å². The third kappa shape index (κ3) is 4.93. The summed E-state index contributed by atoms with van der Waals surface area (Å²) in [4.78, 5) is 0. The Morgan fingerprint density at radius 2 is 1.86 bits per heavy atom. The van der Waals surface area contributed by atoms with E-state index in [2.05, 4.69) is 26.0 Å². The van der Waals surface area contributed by atoms with Crippen molar-refractivity contribution < 1.29 is 22.3 Å². The van der Waals surface area contributed by atoms with Gasteiger partial charge in [0.2, 0.25) is 0 Å². The molecule has 112 valence electrons. The normalized spacial score (nSPS) is 11.3. The number of halogens is 5. The molecule has 21 heavy (non-hydrogen) atoms. The largest absolute Gasteiger partial charge is 0.573 e. The predicted molar refractivity (Wildman–Crippen MR) is 74.6 cm³/mol. The van der Waals surface area contributed by atoms with E-state index in [-0.39, 0.29) is 12.3 Å². The van der Waals surface area contributed by atoms with E-state index in [0.29, 0.717) is 11.3 Å². The Balaban J connectivity index is 2.06. The van der Waals surface area contributed by atoms with Gasteiger partial charge in [0.1, 0.15) is 11.6 Å². The lowest BCUT2D eigenvalue weighted by Crippen LogP contribution is -2.17. The molecule has 1 N–H and O–H groups in total. The molecule has 0 spiro atoms. The van der Waals surface area contributed by atoms with Gasteiger partial charge < -0.3 is 10.1 Å². The van der Waals surface area contributed by atoms with E-state index in [1.54, 1.807) is 18.2 Å². The number of benzene rings is 2. The summed E-state index contributed by atoms with van der Waals surface area (Å²) < 4.78 is 54.4. The second-order valence-electron chi connectivity index (χ2n) is 4.16. The first-order valence-corrected chi connectivity index (χ1v) is 6.66. The molecule has 0 aliphatic carbocycles. The Labute approximate surface area is 126 Å². The summed E-state index contributed by atoms with van der Waals surface area (Å²) in [5, 5.41) is 2.85. The van der Waals surface area contributed by atoms with Crippen LogP contribution in [0.1, 0.15) is 5.56 Å². The maximum Gasteiger partial charge on any atom is 0.573 e. The van der Waals surface area contributed by atoms with Gasteiger partial charge in [0.05, 0.1) is 0 Å². The van der Waals surface area contributed by atoms with E-state index < -0.39 is 12.2 Å². The van der Waals surface area contributed by atoms with E-state index in [4.69, 9.17) is 0 Å². The molecule has 0 aliphatic rings. The molecule has 0 saturated heterocycles. The van der Waals surface area contributed by atoms with Crippen molar-refractivity contribution in [2.75, 3.05) is 5.32 Å². The van der Waals surface area contributed by atoms with Gasteiger partial charge >= 0.3 is 6.36 Å². The minimum atomic E-state index is -4.74. The zero-order valence-corrected chi connectivity index (χ0v) is 12.1. The Morgan fingerprint density at radius 3 is 2.57 bits per heavy atom. The molecule has 7 heteroatoms.